The summed E-state index contributed by atoms with van der Waals surface area (Å²) in [5, 5.41) is 2.85. The van der Waals surface area contributed by atoms with Crippen LogP contribution in [0.5, 0.6) is 0 Å². The second-order valence-corrected chi connectivity index (χ2v) is 7.61. The van der Waals surface area contributed by atoms with Crippen LogP contribution in [0.25, 0.3) is 10.9 Å². The van der Waals surface area contributed by atoms with Crippen LogP contribution in [0.15, 0.2) is 76.4 Å². The van der Waals surface area contributed by atoms with Crippen LogP contribution in [0.3, 0.4) is 0 Å². The molecule has 2 atom stereocenters. The maximum Gasteiger partial charge on any atom is 0.329 e. The Balaban J connectivity index is 1.76. The monoisotopic (exact) mass is 450 g/mol. The molecule has 0 saturated heterocycles. The molecule has 4 aromatic rings. The number of aromatic nitrogens is 3. The van der Waals surface area contributed by atoms with Crippen molar-refractivity contribution in [3.05, 3.63) is 111 Å². The van der Waals surface area contributed by atoms with Gasteiger partial charge in [0, 0.05) is 12.5 Å². The highest BCUT2D eigenvalue weighted by atomic mass is 19.1. The number of carbonyl (C=O) groups excluding carboxylic acids is 1. The van der Waals surface area contributed by atoms with Gasteiger partial charge in [-0.05, 0) is 24.6 Å². The maximum atomic E-state index is 14.2. The fourth-order valence-electron chi connectivity index (χ4n) is 3.72. The summed E-state index contributed by atoms with van der Waals surface area (Å²) in [6.07, 6.45) is 0.890. The van der Waals surface area contributed by atoms with Crippen LogP contribution >= 0.6 is 0 Å². The first-order chi connectivity index (χ1) is 15.8. The molecule has 0 aliphatic carbocycles. The van der Waals surface area contributed by atoms with Crippen LogP contribution in [-0.4, -0.2) is 20.4 Å². The zero-order chi connectivity index (χ0) is 23.5. The third-order valence-corrected chi connectivity index (χ3v) is 5.33. The van der Waals surface area contributed by atoms with Gasteiger partial charge in [-0.2, -0.15) is 0 Å². The van der Waals surface area contributed by atoms with Gasteiger partial charge >= 0.3 is 5.69 Å². The SMILES string of the molecule is C[C@@H](NC(=O)[C@@H](Cc1ccccc1)n1c(=O)[nH]c2ccccc2c1=O)c1ncc(F)cc1F. The fraction of sp³-hybridized carbons (Fsp3) is 0.167. The summed E-state index contributed by atoms with van der Waals surface area (Å²) in [6, 6.07) is 13.9. The van der Waals surface area contributed by atoms with Gasteiger partial charge in [0.15, 0.2) is 0 Å². The number of rotatable bonds is 6. The number of benzene rings is 2. The minimum Gasteiger partial charge on any atom is -0.346 e. The van der Waals surface area contributed by atoms with E-state index in [1.54, 1.807) is 54.6 Å². The molecule has 2 aromatic carbocycles. The topological polar surface area (TPSA) is 96.9 Å². The lowest BCUT2D eigenvalue weighted by Crippen LogP contribution is -2.46. The molecule has 4 rings (SSSR count). The zero-order valence-electron chi connectivity index (χ0n) is 17.6. The van der Waals surface area contributed by atoms with Crippen molar-refractivity contribution in [3.8, 4) is 0 Å². The molecular formula is C24H20F2N4O3. The number of amides is 1. The number of nitrogens with zero attached hydrogens (tertiary/aromatic N) is 2. The van der Waals surface area contributed by atoms with E-state index in [0.717, 1.165) is 16.3 Å². The molecular weight excluding hydrogens is 430 g/mol. The molecule has 168 valence electrons. The summed E-state index contributed by atoms with van der Waals surface area (Å²) >= 11 is 0. The molecule has 7 nitrogen and oxygen atoms in total. The van der Waals surface area contributed by atoms with Crippen molar-refractivity contribution in [2.45, 2.75) is 25.4 Å². The predicted molar refractivity (Wildman–Crippen MR) is 119 cm³/mol. The van der Waals surface area contributed by atoms with Gasteiger partial charge in [-0.15, -0.1) is 0 Å². The Labute approximate surface area is 186 Å². The minimum absolute atomic E-state index is 0.0417. The van der Waals surface area contributed by atoms with Crippen LogP contribution in [0, 0.1) is 11.6 Å². The molecule has 2 N–H and O–H groups in total. The minimum atomic E-state index is -1.22. The van der Waals surface area contributed by atoms with E-state index in [0.29, 0.717) is 11.6 Å². The van der Waals surface area contributed by atoms with E-state index in [1.807, 2.05) is 0 Å². The van der Waals surface area contributed by atoms with E-state index in [4.69, 9.17) is 0 Å². The van der Waals surface area contributed by atoms with Gasteiger partial charge in [0.05, 0.1) is 28.8 Å². The molecule has 0 bridgehead atoms. The van der Waals surface area contributed by atoms with Crippen molar-refractivity contribution in [3.63, 3.8) is 0 Å². The van der Waals surface area contributed by atoms with E-state index in [2.05, 4.69) is 15.3 Å². The molecule has 2 heterocycles. The molecule has 0 fully saturated rings. The standard InChI is InChI=1S/C24H20F2N4O3/c1-14(21-18(26)12-16(25)13-27-21)28-22(31)20(11-15-7-3-2-4-8-15)30-23(32)17-9-5-6-10-19(17)29-24(30)33/h2-10,12-14,20H,11H2,1H3,(H,28,31)(H,29,33)/t14-,20-/m1/s1. The van der Waals surface area contributed by atoms with Crippen LogP contribution in [-0.2, 0) is 11.2 Å². The lowest BCUT2D eigenvalue weighted by Gasteiger charge is -2.22. The van der Waals surface area contributed by atoms with Crippen molar-refractivity contribution in [2.24, 2.45) is 0 Å². The van der Waals surface area contributed by atoms with Crippen LogP contribution in [0.1, 0.15) is 30.3 Å². The summed E-state index contributed by atoms with van der Waals surface area (Å²) < 4.78 is 28.2. The van der Waals surface area contributed by atoms with E-state index < -0.39 is 40.9 Å². The molecule has 9 heteroatoms. The summed E-state index contributed by atoms with van der Waals surface area (Å²) in [5.74, 6) is -2.44. The summed E-state index contributed by atoms with van der Waals surface area (Å²) in [4.78, 5) is 45.7. The highest BCUT2D eigenvalue weighted by Crippen LogP contribution is 2.18. The molecule has 0 radical (unpaired) electrons. The number of halogens is 2. The van der Waals surface area contributed by atoms with E-state index in [-0.39, 0.29) is 17.5 Å². The van der Waals surface area contributed by atoms with Gasteiger partial charge in [0.2, 0.25) is 5.91 Å². The highest BCUT2D eigenvalue weighted by molar-refractivity contribution is 5.82. The van der Waals surface area contributed by atoms with E-state index >= 15 is 0 Å². The highest BCUT2D eigenvalue weighted by Gasteiger charge is 2.27. The van der Waals surface area contributed by atoms with E-state index in [1.165, 1.54) is 6.92 Å². The normalized spacial score (nSPS) is 12.9. The Morgan fingerprint density at radius 2 is 1.79 bits per heavy atom. The Morgan fingerprint density at radius 3 is 2.52 bits per heavy atom. The number of H-pyrrole nitrogens is 1. The second kappa shape index (κ2) is 9.15. The van der Waals surface area contributed by atoms with Gasteiger partial charge in [0.25, 0.3) is 5.56 Å². The van der Waals surface area contributed by atoms with Crippen molar-refractivity contribution < 1.29 is 13.6 Å². The van der Waals surface area contributed by atoms with Gasteiger partial charge in [0.1, 0.15) is 17.7 Å². The Bertz CT molecular complexity index is 1430. The molecule has 0 saturated carbocycles. The molecule has 0 spiro atoms. The lowest BCUT2D eigenvalue weighted by molar-refractivity contribution is -0.125. The first-order valence-electron chi connectivity index (χ1n) is 10.2. The predicted octanol–water partition coefficient (Wildman–Crippen LogP) is 3.02. The second-order valence-electron chi connectivity index (χ2n) is 7.61. The smallest absolute Gasteiger partial charge is 0.329 e. The summed E-state index contributed by atoms with van der Waals surface area (Å²) in [7, 11) is 0. The lowest BCUT2D eigenvalue weighted by atomic mass is 10.0. The number of fused-ring (bicyclic) bond motifs is 1. The molecule has 0 aliphatic heterocycles. The number of para-hydroxylation sites is 1. The third-order valence-electron chi connectivity index (χ3n) is 5.33. The Kier molecular flexibility index (Phi) is 6.12. The third kappa shape index (κ3) is 4.57. The van der Waals surface area contributed by atoms with Crippen molar-refractivity contribution in [2.75, 3.05) is 0 Å². The molecule has 0 aliphatic rings. The van der Waals surface area contributed by atoms with Gasteiger partial charge < -0.3 is 10.3 Å². The van der Waals surface area contributed by atoms with Gasteiger partial charge in [-0.1, -0.05) is 42.5 Å². The first kappa shape index (κ1) is 22.1. The van der Waals surface area contributed by atoms with Gasteiger partial charge in [-0.3, -0.25) is 14.6 Å². The summed E-state index contributed by atoms with van der Waals surface area (Å²) in [6.45, 7) is 1.48. The Hall–Kier alpha value is -4.14. The number of hydrogen-bond acceptors (Lipinski definition) is 4. The fourth-order valence-corrected chi connectivity index (χ4v) is 3.72. The molecule has 33 heavy (non-hydrogen) atoms. The van der Waals surface area contributed by atoms with Crippen molar-refractivity contribution >= 4 is 16.8 Å². The quantitative estimate of drug-likeness (QED) is 0.472. The van der Waals surface area contributed by atoms with Gasteiger partial charge in [-0.25, -0.2) is 18.1 Å². The largest absolute Gasteiger partial charge is 0.346 e. The molecule has 1 amide bonds. The average Bonchev–Trinajstić information content (AvgIpc) is 2.79. The number of aromatic amines is 1. The maximum absolute atomic E-state index is 14.2. The number of nitrogens with one attached hydrogen (secondary N) is 2. The van der Waals surface area contributed by atoms with Crippen LogP contribution in [0.4, 0.5) is 8.78 Å². The van der Waals surface area contributed by atoms with Crippen molar-refractivity contribution in [1.82, 2.24) is 19.9 Å². The molecule has 0 unspecified atom stereocenters. The average molecular weight is 450 g/mol. The number of pyridine rings is 1. The number of hydrogen-bond donors (Lipinski definition) is 2. The van der Waals surface area contributed by atoms with Crippen molar-refractivity contribution in [1.29, 1.82) is 0 Å². The number of carbonyl (C=O) groups is 1. The Morgan fingerprint density at radius 1 is 1.09 bits per heavy atom. The van der Waals surface area contributed by atoms with Crippen LogP contribution in [0.2, 0.25) is 0 Å². The van der Waals surface area contributed by atoms with E-state index in [9.17, 15) is 23.2 Å². The molecule has 2 aromatic heterocycles. The first-order valence-corrected chi connectivity index (χ1v) is 10.2. The zero-order valence-corrected chi connectivity index (χ0v) is 17.6. The van der Waals surface area contributed by atoms with Crippen LogP contribution < -0.4 is 16.6 Å². The summed E-state index contributed by atoms with van der Waals surface area (Å²) in [5.41, 5.74) is -0.454.